The number of carbonyl (C=O) groups is 1. The van der Waals surface area contributed by atoms with Crippen molar-refractivity contribution in [2.75, 3.05) is 19.8 Å². The number of fused-ring (bicyclic) bond motifs is 1. The molecule has 0 fully saturated rings. The van der Waals surface area contributed by atoms with Crippen LogP contribution in [-0.4, -0.2) is 25.6 Å². The Bertz CT molecular complexity index is 398. The van der Waals surface area contributed by atoms with Gasteiger partial charge in [-0.15, -0.1) is 0 Å². The first kappa shape index (κ1) is 12.1. The number of para-hydroxylation sites is 1. The topological polar surface area (TPSA) is 35.5 Å². The minimum atomic E-state index is 0.156. The van der Waals surface area contributed by atoms with Crippen molar-refractivity contribution in [1.29, 1.82) is 0 Å². The average molecular weight is 234 g/mol. The lowest BCUT2D eigenvalue weighted by Crippen LogP contribution is -2.04. The molecule has 0 unspecified atom stereocenters. The number of rotatable bonds is 6. The second-order valence-electron chi connectivity index (χ2n) is 4.12. The fourth-order valence-electron chi connectivity index (χ4n) is 2.05. The molecule has 17 heavy (non-hydrogen) atoms. The van der Waals surface area contributed by atoms with Crippen molar-refractivity contribution in [1.82, 2.24) is 0 Å². The Balaban J connectivity index is 1.97. The van der Waals surface area contributed by atoms with Crippen LogP contribution in [0.25, 0.3) is 0 Å². The third kappa shape index (κ3) is 2.86. The van der Waals surface area contributed by atoms with Gasteiger partial charge in [-0.2, -0.15) is 0 Å². The molecule has 0 atom stereocenters. The highest BCUT2D eigenvalue weighted by atomic mass is 16.5. The molecule has 0 amide bonds. The summed E-state index contributed by atoms with van der Waals surface area (Å²) in [5.41, 5.74) is 1.89. The largest absolute Gasteiger partial charge is 0.492 e. The molecule has 0 bridgehead atoms. The summed E-state index contributed by atoms with van der Waals surface area (Å²) in [7, 11) is 0. The number of benzene rings is 1. The van der Waals surface area contributed by atoms with E-state index < -0.39 is 0 Å². The fourth-order valence-corrected chi connectivity index (χ4v) is 2.05. The molecule has 0 aromatic heterocycles. The Morgan fingerprint density at radius 2 is 2.35 bits per heavy atom. The van der Waals surface area contributed by atoms with Gasteiger partial charge in [-0.25, -0.2) is 0 Å². The smallest absolute Gasteiger partial charge is 0.166 e. The molecule has 0 aliphatic carbocycles. The Kier molecular flexibility index (Phi) is 4.15. The van der Waals surface area contributed by atoms with Crippen molar-refractivity contribution in [3.05, 3.63) is 29.3 Å². The molecule has 1 heterocycles. The Morgan fingerprint density at radius 3 is 3.18 bits per heavy atom. The van der Waals surface area contributed by atoms with E-state index in [9.17, 15) is 4.79 Å². The zero-order chi connectivity index (χ0) is 12.1. The van der Waals surface area contributed by atoms with E-state index in [1.807, 2.05) is 25.1 Å². The quantitative estimate of drug-likeness (QED) is 0.560. The molecule has 0 spiro atoms. The van der Waals surface area contributed by atoms with Gasteiger partial charge >= 0.3 is 0 Å². The predicted molar refractivity (Wildman–Crippen MR) is 65.7 cm³/mol. The van der Waals surface area contributed by atoms with Crippen molar-refractivity contribution < 1.29 is 14.3 Å². The fraction of sp³-hybridized carbons (Fsp3) is 0.500. The van der Waals surface area contributed by atoms with Gasteiger partial charge in [0.15, 0.2) is 5.78 Å². The first-order chi connectivity index (χ1) is 8.33. The van der Waals surface area contributed by atoms with Crippen molar-refractivity contribution in [2.45, 2.75) is 26.2 Å². The van der Waals surface area contributed by atoms with E-state index in [4.69, 9.17) is 9.47 Å². The summed E-state index contributed by atoms with van der Waals surface area (Å²) < 4.78 is 10.8. The Hall–Kier alpha value is -1.35. The third-order valence-corrected chi connectivity index (χ3v) is 2.91. The van der Waals surface area contributed by atoms with Gasteiger partial charge in [-0.05, 0) is 25.0 Å². The molecule has 1 aromatic carbocycles. The van der Waals surface area contributed by atoms with Crippen LogP contribution in [0.2, 0.25) is 0 Å². The van der Waals surface area contributed by atoms with Crippen LogP contribution in [-0.2, 0) is 11.2 Å². The van der Waals surface area contributed by atoms with Gasteiger partial charge in [0.25, 0.3) is 0 Å². The van der Waals surface area contributed by atoms with Crippen LogP contribution in [0.3, 0.4) is 0 Å². The van der Waals surface area contributed by atoms with E-state index in [2.05, 4.69) is 0 Å². The van der Waals surface area contributed by atoms with Gasteiger partial charge in [-0.1, -0.05) is 12.1 Å². The molecule has 0 N–H and O–H groups in total. The maximum absolute atomic E-state index is 12.0. The maximum Gasteiger partial charge on any atom is 0.166 e. The number of ether oxygens (including phenoxy) is 2. The van der Waals surface area contributed by atoms with Crippen LogP contribution < -0.4 is 4.74 Å². The molecule has 0 saturated carbocycles. The zero-order valence-electron chi connectivity index (χ0n) is 10.2. The number of hydrogen-bond donors (Lipinski definition) is 0. The first-order valence-corrected chi connectivity index (χ1v) is 6.18. The van der Waals surface area contributed by atoms with E-state index in [1.54, 1.807) is 0 Å². The van der Waals surface area contributed by atoms with E-state index in [1.165, 1.54) is 0 Å². The van der Waals surface area contributed by atoms with Crippen molar-refractivity contribution >= 4 is 5.78 Å². The molecular weight excluding hydrogens is 216 g/mol. The Labute approximate surface area is 102 Å². The molecular formula is C14H18O3. The predicted octanol–water partition coefficient (Wildman–Crippen LogP) is 2.62. The van der Waals surface area contributed by atoms with Crippen LogP contribution in [0, 0.1) is 0 Å². The lowest BCUT2D eigenvalue weighted by atomic mass is 10.0. The summed E-state index contributed by atoms with van der Waals surface area (Å²) in [5, 5.41) is 0. The number of hydrogen-bond acceptors (Lipinski definition) is 3. The lowest BCUT2D eigenvalue weighted by molar-refractivity contribution is 0.0944. The molecule has 3 heteroatoms. The SMILES string of the molecule is CCOCCCC(=O)c1cccc2c1OCC2. The van der Waals surface area contributed by atoms with Gasteiger partial charge in [0.2, 0.25) is 0 Å². The highest BCUT2D eigenvalue weighted by Crippen LogP contribution is 2.30. The molecule has 1 aromatic rings. The van der Waals surface area contributed by atoms with E-state index in [0.717, 1.165) is 29.7 Å². The van der Waals surface area contributed by atoms with E-state index >= 15 is 0 Å². The van der Waals surface area contributed by atoms with Crippen molar-refractivity contribution in [3.8, 4) is 5.75 Å². The third-order valence-electron chi connectivity index (χ3n) is 2.91. The highest BCUT2D eigenvalue weighted by molar-refractivity contribution is 5.99. The van der Waals surface area contributed by atoms with Crippen LogP contribution >= 0.6 is 0 Å². The van der Waals surface area contributed by atoms with Gasteiger partial charge in [0.1, 0.15) is 5.75 Å². The minimum Gasteiger partial charge on any atom is -0.492 e. The second kappa shape index (κ2) is 5.82. The monoisotopic (exact) mass is 234 g/mol. The summed E-state index contributed by atoms with van der Waals surface area (Å²) >= 11 is 0. The van der Waals surface area contributed by atoms with Gasteiger partial charge in [0.05, 0.1) is 12.2 Å². The van der Waals surface area contributed by atoms with Gasteiger partial charge < -0.3 is 9.47 Å². The zero-order valence-corrected chi connectivity index (χ0v) is 10.2. The highest BCUT2D eigenvalue weighted by Gasteiger charge is 2.19. The van der Waals surface area contributed by atoms with E-state index in [-0.39, 0.29) is 5.78 Å². The van der Waals surface area contributed by atoms with Crippen LogP contribution in [0.4, 0.5) is 0 Å². The molecule has 0 radical (unpaired) electrons. The average Bonchev–Trinajstić information content (AvgIpc) is 2.82. The molecule has 92 valence electrons. The summed E-state index contributed by atoms with van der Waals surface area (Å²) in [6, 6.07) is 5.82. The van der Waals surface area contributed by atoms with Crippen molar-refractivity contribution in [3.63, 3.8) is 0 Å². The Morgan fingerprint density at radius 1 is 1.47 bits per heavy atom. The van der Waals surface area contributed by atoms with Gasteiger partial charge in [0, 0.05) is 26.1 Å². The molecule has 1 aliphatic rings. The van der Waals surface area contributed by atoms with Crippen molar-refractivity contribution in [2.24, 2.45) is 0 Å². The van der Waals surface area contributed by atoms with Crippen LogP contribution in [0.1, 0.15) is 35.7 Å². The van der Waals surface area contributed by atoms with Gasteiger partial charge in [-0.3, -0.25) is 4.79 Å². The normalized spacial score (nSPS) is 13.2. The first-order valence-electron chi connectivity index (χ1n) is 6.18. The second-order valence-corrected chi connectivity index (χ2v) is 4.12. The molecule has 2 rings (SSSR count). The molecule has 3 nitrogen and oxygen atoms in total. The number of carbonyl (C=O) groups excluding carboxylic acids is 1. The summed E-state index contributed by atoms with van der Waals surface area (Å²) in [4.78, 5) is 12.0. The number of ketones is 1. The summed E-state index contributed by atoms with van der Waals surface area (Å²) in [6.45, 7) is 4.01. The standard InChI is InChI=1S/C14H18O3/c1-2-16-9-4-7-13(15)12-6-3-5-11-8-10-17-14(11)12/h3,5-6H,2,4,7-10H2,1H3. The summed E-state index contributed by atoms with van der Waals surface area (Å²) in [5.74, 6) is 0.956. The van der Waals surface area contributed by atoms with E-state index in [0.29, 0.717) is 26.2 Å². The lowest BCUT2D eigenvalue weighted by Gasteiger charge is -2.07. The number of Topliss-reactive ketones (excluding diaryl/α,β-unsaturated/α-hetero) is 1. The molecule has 0 saturated heterocycles. The van der Waals surface area contributed by atoms with Crippen LogP contribution in [0.5, 0.6) is 5.75 Å². The summed E-state index contributed by atoms with van der Waals surface area (Å²) in [6.07, 6.45) is 2.21. The van der Waals surface area contributed by atoms with Crippen LogP contribution in [0.15, 0.2) is 18.2 Å². The minimum absolute atomic E-state index is 0.156. The molecule has 1 aliphatic heterocycles. The maximum atomic E-state index is 12.0.